The molecule has 9 aromatic carbocycles. The van der Waals surface area contributed by atoms with Crippen LogP contribution in [0.3, 0.4) is 0 Å². The van der Waals surface area contributed by atoms with E-state index in [9.17, 15) is 0 Å². The van der Waals surface area contributed by atoms with Crippen LogP contribution in [0.1, 0.15) is 0 Å². The lowest BCUT2D eigenvalue weighted by Gasteiger charge is -2.15. The Kier molecular flexibility index (Phi) is 5.89. The summed E-state index contributed by atoms with van der Waals surface area (Å²) in [7, 11) is 0. The van der Waals surface area contributed by atoms with E-state index >= 15 is 0 Å². The molecular formula is C48H29NS. The minimum Gasteiger partial charge on any atom is -0.308 e. The molecule has 0 saturated carbocycles. The fourth-order valence-electron chi connectivity index (χ4n) is 8.43. The van der Waals surface area contributed by atoms with Gasteiger partial charge in [-0.3, -0.25) is 0 Å². The number of benzene rings is 9. The third-order valence-electron chi connectivity index (χ3n) is 10.5. The van der Waals surface area contributed by atoms with E-state index in [1.165, 1.54) is 102 Å². The third-order valence-corrected chi connectivity index (χ3v) is 11.7. The predicted molar refractivity (Wildman–Crippen MR) is 217 cm³/mol. The van der Waals surface area contributed by atoms with Crippen molar-refractivity contribution in [1.82, 2.24) is 4.57 Å². The Labute approximate surface area is 292 Å². The van der Waals surface area contributed by atoms with Crippen LogP contribution in [0.25, 0.3) is 102 Å². The van der Waals surface area contributed by atoms with Crippen LogP contribution in [-0.4, -0.2) is 4.57 Å². The molecule has 2 heteroatoms. The van der Waals surface area contributed by atoms with Crippen molar-refractivity contribution >= 4 is 85.6 Å². The van der Waals surface area contributed by atoms with Gasteiger partial charge in [-0.15, -0.1) is 11.3 Å². The quantitative estimate of drug-likeness (QED) is 0.168. The van der Waals surface area contributed by atoms with Gasteiger partial charge in [0.05, 0.1) is 15.7 Å². The molecule has 0 fully saturated rings. The maximum absolute atomic E-state index is 2.54. The standard InChI is InChI=1S/C48H29NS/c1-2-14-30(15-3-1)31-16-12-17-32(28-31)33-18-13-19-34(29-33)49-41-26-10-8-24-39(41)45-43-37-22-6-4-20-35(37)36-21-5-7-23-38(36)44(43)46-40-25-9-11-27-42(40)50-48(46)47(45)49/h1-29H. The molecule has 0 saturated heterocycles. The summed E-state index contributed by atoms with van der Waals surface area (Å²) in [5.74, 6) is 0. The van der Waals surface area contributed by atoms with Gasteiger partial charge < -0.3 is 4.57 Å². The Hall–Kier alpha value is -6.22. The predicted octanol–water partition coefficient (Wildman–Crippen LogP) is 13.9. The fraction of sp³-hybridized carbons (Fsp3) is 0. The van der Waals surface area contributed by atoms with Gasteiger partial charge in [0.1, 0.15) is 0 Å². The molecule has 232 valence electrons. The number of nitrogens with zero attached hydrogens (tertiary/aromatic N) is 1. The van der Waals surface area contributed by atoms with Crippen LogP contribution < -0.4 is 0 Å². The van der Waals surface area contributed by atoms with Gasteiger partial charge in [0, 0.05) is 42.7 Å². The molecule has 1 nitrogen and oxygen atoms in total. The molecule has 0 aliphatic heterocycles. The zero-order chi connectivity index (χ0) is 32.8. The summed E-state index contributed by atoms with van der Waals surface area (Å²) in [5.41, 5.74) is 8.54. The normalized spacial score (nSPS) is 12.0. The van der Waals surface area contributed by atoms with Crippen molar-refractivity contribution in [2.24, 2.45) is 0 Å². The van der Waals surface area contributed by atoms with Crippen LogP contribution in [0.15, 0.2) is 176 Å². The molecule has 0 spiro atoms. The van der Waals surface area contributed by atoms with Crippen molar-refractivity contribution in [3.8, 4) is 27.9 Å². The highest BCUT2D eigenvalue weighted by atomic mass is 32.1. The summed E-state index contributed by atoms with van der Waals surface area (Å²) in [6.07, 6.45) is 0. The van der Waals surface area contributed by atoms with Crippen LogP contribution >= 0.6 is 11.3 Å². The maximum Gasteiger partial charge on any atom is 0.0726 e. The van der Waals surface area contributed by atoms with E-state index in [1.54, 1.807) is 0 Å². The van der Waals surface area contributed by atoms with Gasteiger partial charge in [0.25, 0.3) is 0 Å². The van der Waals surface area contributed by atoms with E-state index in [0.29, 0.717) is 0 Å². The van der Waals surface area contributed by atoms with Crippen molar-refractivity contribution in [2.45, 2.75) is 0 Å². The smallest absolute Gasteiger partial charge is 0.0726 e. The van der Waals surface area contributed by atoms with Crippen molar-refractivity contribution in [3.05, 3.63) is 176 Å². The number of fused-ring (bicyclic) bond motifs is 15. The molecule has 2 aromatic heterocycles. The van der Waals surface area contributed by atoms with Crippen LogP contribution in [0.5, 0.6) is 0 Å². The first-order valence-electron chi connectivity index (χ1n) is 17.2. The topological polar surface area (TPSA) is 4.93 Å². The van der Waals surface area contributed by atoms with Crippen molar-refractivity contribution in [3.63, 3.8) is 0 Å². The van der Waals surface area contributed by atoms with E-state index in [2.05, 4.69) is 180 Å². The zero-order valence-corrected chi connectivity index (χ0v) is 27.9. The van der Waals surface area contributed by atoms with Gasteiger partial charge >= 0.3 is 0 Å². The molecule has 0 N–H and O–H groups in total. The molecule has 0 amide bonds. The number of thiophene rings is 1. The molecule has 0 aliphatic rings. The molecule has 0 aliphatic carbocycles. The Morgan fingerprint density at radius 1 is 0.340 bits per heavy atom. The zero-order valence-electron chi connectivity index (χ0n) is 27.1. The lowest BCUT2D eigenvalue weighted by atomic mass is 9.89. The molecular weight excluding hydrogens is 623 g/mol. The first kappa shape index (κ1) is 27.7. The van der Waals surface area contributed by atoms with Crippen LogP contribution in [-0.2, 0) is 0 Å². The highest BCUT2D eigenvalue weighted by Crippen LogP contribution is 2.51. The number of aromatic nitrogens is 1. The summed E-state index contributed by atoms with van der Waals surface area (Å²) >= 11 is 1.92. The van der Waals surface area contributed by atoms with Crippen LogP contribution in [0.4, 0.5) is 0 Å². The number of hydrogen-bond donors (Lipinski definition) is 0. The highest BCUT2D eigenvalue weighted by molar-refractivity contribution is 7.27. The largest absolute Gasteiger partial charge is 0.308 e. The van der Waals surface area contributed by atoms with Gasteiger partial charge in [0.15, 0.2) is 0 Å². The molecule has 11 rings (SSSR count). The second-order valence-electron chi connectivity index (χ2n) is 13.2. The van der Waals surface area contributed by atoms with Crippen LogP contribution in [0, 0.1) is 0 Å². The van der Waals surface area contributed by atoms with E-state index in [1.807, 2.05) is 11.3 Å². The number of hydrogen-bond acceptors (Lipinski definition) is 1. The maximum atomic E-state index is 2.54. The highest BCUT2D eigenvalue weighted by Gasteiger charge is 2.24. The van der Waals surface area contributed by atoms with Crippen molar-refractivity contribution < 1.29 is 0 Å². The first-order chi connectivity index (χ1) is 24.8. The first-order valence-corrected chi connectivity index (χ1v) is 18.0. The van der Waals surface area contributed by atoms with Gasteiger partial charge in [-0.25, -0.2) is 0 Å². The number of rotatable bonds is 3. The SMILES string of the molecule is c1ccc(-c2cccc(-c3cccc(-n4c5ccccc5c5c6c7ccccc7c7ccccc7c6c6c7ccccc7sc6c54)c3)c2)cc1. The van der Waals surface area contributed by atoms with E-state index in [0.717, 1.165) is 0 Å². The second kappa shape index (κ2) is 10.6. The average Bonchev–Trinajstić information content (AvgIpc) is 3.75. The molecule has 11 aromatic rings. The Balaban J connectivity index is 1.32. The third kappa shape index (κ3) is 3.88. The van der Waals surface area contributed by atoms with Crippen molar-refractivity contribution in [1.29, 1.82) is 0 Å². The summed E-state index contributed by atoms with van der Waals surface area (Å²) < 4.78 is 5.19. The van der Waals surface area contributed by atoms with Crippen molar-refractivity contribution in [2.75, 3.05) is 0 Å². The minimum atomic E-state index is 1.17. The minimum absolute atomic E-state index is 1.17. The van der Waals surface area contributed by atoms with Gasteiger partial charge in [-0.2, -0.15) is 0 Å². The molecule has 0 bridgehead atoms. The summed E-state index contributed by atoms with van der Waals surface area (Å²) in [4.78, 5) is 0. The van der Waals surface area contributed by atoms with E-state index in [-0.39, 0.29) is 0 Å². The molecule has 0 unspecified atom stereocenters. The Morgan fingerprint density at radius 2 is 0.860 bits per heavy atom. The van der Waals surface area contributed by atoms with E-state index in [4.69, 9.17) is 0 Å². The molecule has 0 atom stereocenters. The summed E-state index contributed by atoms with van der Waals surface area (Å²) in [6.45, 7) is 0. The average molecular weight is 652 g/mol. The lowest BCUT2D eigenvalue weighted by Crippen LogP contribution is -1.95. The summed E-state index contributed by atoms with van der Waals surface area (Å²) in [5, 5.41) is 13.2. The number of para-hydroxylation sites is 1. The van der Waals surface area contributed by atoms with Gasteiger partial charge in [0.2, 0.25) is 0 Å². The monoisotopic (exact) mass is 651 g/mol. The Morgan fingerprint density at radius 3 is 1.60 bits per heavy atom. The molecule has 0 radical (unpaired) electrons. The van der Waals surface area contributed by atoms with Gasteiger partial charge in [-0.05, 0) is 74.1 Å². The fourth-order valence-corrected chi connectivity index (χ4v) is 9.68. The Bertz CT molecular complexity index is 3140. The molecule has 2 heterocycles. The molecule has 50 heavy (non-hydrogen) atoms. The lowest BCUT2D eigenvalue weighted by molar-refractivity contribution is 1.19. The van der Waals surface area contributed by atoms with Gasteiger partial charge in [-0.1, -0.05) is 146 Å². The van der Waals surface area contributed by atoms with Crippen LogP contribution in [0.2, 0.25) is 0 Å². The van der Waals surface area contributed by atoms with E-state index < -0.39 is 0 Å². The second-order valence-corrected chi connectivity index (χ2v) is 14.3. The summed E-state index contributed by atoms with van der Waals surface area (Å²) in [6, 6.07) is 64.6.